The van der Waals surface area contributed by atoms with E-state index in [9.17, 15) is 0 Å². The van der Waals surface area contributed by atoms with Gasteiger partial charge < -0.3 is 33.2 Å². The van der Waals surface area contributed by atoms with E-state index in [-0.39, 0.29) is 25.2 Å². The van der Waals surface area contributed by atoms with E-state index in [1.54, 1.807) is 0 Å². The summed E-state index contributed by atoms with van der Waals surface area (Å²) in [6.45, 7) is 16.8. The quantitative estimate of drug-likeness (QED) is 0.0358. The Hall–Kier alpha value is -0.800. The lowest BCUT2D eigenvalue weighted by molar-refractivity contribution is -0.208. The molecule has 0 aliphatic rings. The van der Waals surface area contributed by atoms with E-state index in [4.69, 9.17) is 33.2 Å². The fourth-order valence-corrected chi connectivity index (χ4v) is 5.60. The lowest BCUT2D eigenvalue weighted by atomic mass is 10.1. The van der Waals surface area contributed by atoms with Gasteiger partial charge in [0.15, 0.2) is 25.2 Å². The van der Waals surface area contributed by atoms with Crippen molar-refractivity contribution in [1.29, 1.82) is 0 Å². The molecule has 0 aromatic carbocycles. The third-order valence-electron chi connectivity index (χ3n) is 8.45. The number of hydrogen-bond acceptors (Lipinski definition) is 7. The van der Waals surface area contributed by atoms with Crippen LogP contribution in [-0.2, 0) is 33.2 Å². The van der Waals surface area contributed by atoms with Crippen molar-refractivity contribution < 1.29 is 33.2 Å². The van der Waals surface area contributed by atoms with Crippen LogP contribution >= 0.6 is 0 Å². The average molecular weight is 699 g/mol. The van der Waals surface area contributed by atoms with Gasteiger partial charge in [-0.3, -0.25) is 0 Å². The van der Waals surface area contributed by atoms with E-state index >= 15 is 0 Å². The molecule has 0 aliphatic carbocycles. The number of ether oxygens (including phenoxy) is 7. The Morgan fingerprint density at radius 1 is 0.367 bits per heavy atom. The molecule has 7 nitrogen and oxygen atoms in total. The molecule has 7 heteroatoms. The second-order valence-electron chi connectivity index (χ2n) is 13.0. The summed E-state index contributed by atoms with van der Waals surface area (Å²) in [4.78, 5) is 0. The highest BCUT2D eigenvalue weighted by Gasteiger charge is 2.13. The van der Waals surface area contributed by atoms with Crippen LogP contribution in [0.25, 0.3) is 0 Å². The number of rotatable bonds is 40. The molecule has 0 heterocycles. The topological polar surface area (TPSA) is 64.6 Å². The molecule has 0 aliphatic heterocycles. The van der Waals surface area contributed by atoms with Gasteiger partial charge in [-0.1, -0.05) is 103 Å². The van der Waals surface area contributed by atoms with Crippen molar-refractivity contribution in [2.75, 3.05) is 39.6 Å². The predicted molar refractivity (Wildman–Crippen MR) is 206 cm³/mol. The summed E-state index contributed by atoms with van der Waals surface area (Å²) in [6.07, 6.45) is 33.8. The summed E-state index contributed by atoms with van der Waals surface area (Å²) < 4.78 is 41.2. The minimum Gasteiger partial charge on any atom is -0.353 e. The summed E-state index contributed by atoms with van der Waals surface area (Å²) in [7, 11) is 0. The van der Waals surface area contributed by atoms with Gasteiger partial charge in [0.1, 0.15) is 0 Å². The largest absolute Gasteiger partial charge is 0.353 e. The van der Waals surface area contributed by atoms with Crippen LogP contribution in [0, 0.1) is 0 Å². The standard InChI is InChI=1S/C42H82O7/c1-7-13-37-47-41(35-31-27-23-19-15-17-21-25-29-33-39(43-9-3)44-10-4)49-42(48-38-14-8-2)36-32-28-24-20-16-18-22-26-30-34-40(45-11-5)46-12-6/h31-32,35-36,39-42H,7-30,33-34,37-38H2,1-6H3. The van der Waals surface area contributed by atoms with E-state index in [1.807, 2.05) is 27.7 Å². The summed E-state index contributed by atoms with van der Waals surface area (Å²) in [5.41, 5.74) is 0. The fraction of sp³-hybridized carbons (Fsp3) is 0.905. The summed E-state index contributed by atoms with van der Waals surface area (Å²) >= 11 is 0. The molecular weight excluding hydrogens is 616 g/mol. The Morgan fingerprint density at radius 3 is 1.02 bits per heavy atom. The molecule has 0 amide bonds. The van der Waals surface area contributed by atoms with Crippen molar-refractivity contribution in [2.24, 2.45) is 0 Å². The first-order chi connectivity index (χ1) is 24.1. The molecule has 292 valence electrons. The van der Waals surface area contributed by atoms with Crippen LogP contribution in [0.2, 0.25) is 0 Å². The van der Waals surface area contributed by atoms with Crippen LogP contribution in [0.15, 0.2) is 24.3 Å². The zero-order valence-electron chi connectivity index (χ0n) is 33.3. The highest BCUT2D eigenvalue weighted by atomic mass is 16.8. The van der Waals surface area contributed by atoms with Gasteiger partial charge in [0.05, 0.1) is 13.2 Å². The highest BCUT2D eigenvalue weighted by Crippen LogP contribution is 2.16. The molecule has 0 spiro atoms. The van der Waals surface area contributed by atoms with Crippen molar-refractivity contribution >= 4 is 0 Å². The molecule has 49 heavy (non-hydrogen) atoms. The molecule has 0 rings (SSSR count). The number of allylic oxidation sites excluding steroid dienone is 2. The molecule has 0 N–H and O–H groups in total. The maximum absolute atomic E-state index is 6.35. The Labute approximate surface area is 304 Å². The molecule has 0 saturated heterocycles. The molecule has 0 aromatic rings. The van der Waals surface area contributed by atoms with Gasteiger partial charge in [-0.15, -0.1) is 0 Å². The van der Waals surface area contributed by atoms with Crippen molar-refractivity contribution in [3.63, 3.8) is 0 Å². The summed E-state index contributed by atoms with van der Waals surface area (Å²) in [5, 5.41) is 0. The van der Waals surface area contributed by atoms with Crippen LogP contribution in [0.5, 0.6) is 0 Å². The third-order valence-corrected chi connectivity index (χ3v) is 8.45. The van der Waals surface area contributed by atoms with Crippen molar-refractivity contribution in [2.45, 2.75) is 208 Å². The van der Waals surface area contributed by atoms with Crippen LogP contribution < -0.4 is 0 Å². The lowest BCUT2D eigenvalue weighted by Gasteiger charge is -2.21. The minimum atomic E-state index is -0.377. The molecular formula is C42H82O7. The van der Waals surface area contributed by atoms with Gasteiger partial charge in [-0.25, -0.2) is 0 Å². The van der Waals surface area contributed by atoms with E-state index in [2.05, 4.69) is 38.2 Å². The molecule has 2 atom stereocenters. The van der Waals surface area contributed by atoms with Crippen LogP contribution in [-0.4, -0.2) is 64.8 Å². The zero-order chi connectivity index (χ0) is 35.9. The SMILES string of the molecule is CCCCOC(C=CCCCCCCCCCC(OCC)OCC)OC(C=CCCCCCCCCCC(OCC)OCC)OCCCC. The predicted octanol–water partition coefficient (Wildman–Crippen LogP) is 12.2. The molecule has 2 unspecified atom stereocenters. The monoisotopic (exact) mass is 699 g/mol. The fourth-order valence-electron chi connectivity index (χ4n) is 5.60. The van der Waals surface area contributed by atoms with Gasteiger partial charge in [0.25, 0.3) is 0 Å². The summed E-state index contributed by atoms with van der Waals surface area (Å²) in [5.74, 6) is 0. The zero-order valence-corrected chi connectivity index (χ0v) is 33.3. The number of hydrogen-bond donors (Lipinski definition) is 0. The second-order valence-corrected chi connectivity index (χ2v) is 13.0. The summed E-state index contributed by atoms with van der Waals surface area (Å²) in [6, 6.07) is 0. The molecule has 0 radical (unpaired) electrons. The van der Waals surface area contributed by atoms with Gasteiger partial charge in [-0.05, 0) is 104 Å². The van der Waals surface area contributed by atoms with Gasteiger partial charge in [0.2, 0.25) is 0 Å². The third kappa shape index (κ3) is 34.1. The second kappa shape index (κ2) is 40.0. The van der Waals surface area contributed by atoms with Gasteiger partial charge in [0, 0.05) is 26.4 Å². The molecule has 0 bridgehead atoms. The van der Waals surface area contributed by atoms with Crippen molar-refractivity contribution in [3.05, 3.63) is 24.3 Å². The molecule has 0 saturated carbocycles. The first kappa shape index (κ1) is 48.2. The van der Waals surface area contributed by atoms with Crippen LogP contribution in [0.3, 0.4) is 0 Å². The van der Waals surface area contributed by atoms with Gasteiger partial charge in [-0.2, -0.15) is 0 Å². The van der Waals surface area contributed by atoms with Crippen molar-refractivity contribution in [3.8, 4) is 0 Å². The highest BCUT2D eigenvalue weighted by molar-refractivity contribution is 4.89. The minimum absolute atomic E-state index is 0.0255. The normalized spacial score (nSPS) is 13.6. The van der Waals surface area contributed by atoms with E-state index < -0.39 is 0 Å². The maximum atomic E-state index is 6.35. The van der Waals surface area contributed by atoms with Crippen LogP contribution in [0.4, 0.5) is 0 Å². The van der Waals surface area contributed by atoms with E-state index in [0.29, 0.717) is 13.2 Å². The number of unbranched alkanes of at least 4 members (excludes halogenated alkanes) is 16. The molecule has 0 aromatic heterocycles. The first-order valence-corrected chi connectivity index (χ1v) is 20.8. The smallest absolute Gasteiger partial charge is 0.180 e. The average Bonchev–Trinajstić information content (AvgIpc) is 3.09. The Morgan fingerprint density at radius 2 is 0.694 bits per heavy atom. The van der Waals surface area contributed by atoms with Crippen molar-refractivity contribution in [1.82, 2.24) is 0 Å². The Balaban J connectivity index is 4.40. The molecule has 0 fully saturated rings. The van der Waals surface area contributed by atoms with Gasteiger partial charge >= 0.3 is 0 Å². The van der Waals surface area contributed by atoms with E-state index in [0.717, 1.165) is 77.8 Å². The Kier molecular flexibility index (Phi) is 39.3. The maximum Gasteiger partial charge on any atom is 0.180 e. The Bertz CT molecular complexity index is 618. The first-order valence-electron chi connectivity index (χ1n) is 20.8. The lowest BCUT2D eigenvalue weighted by Crippen LogP contribution is -2.25. The van der Waals surface area contributed by atoms with Crippen LogP contribution in [0.1, 0.15) is 183 Å². The van der Waals surface area contributed by atoms with E-state index in [1.165, 1.54) is 89.9 Å².